The van der Waals surface area contributed by atoms with E-state index in [1.54, 1.807) is 13.2 Å². The van der Waals surface area contributed by atoms with E-state index in [0.29, 0.717) is 0 Å². The average Bonchev–Trinajstić information content (AvgIpc) is 2.20. The van der Waals surface area contributed by atoms with Gasteiger partial charge in [-0.15, -0.1) is 0 Å². The highest BCUT2D eigenvalue weighted by atomic mass is 19.1. The number of hydrogen-bond donors (Lipinski definition) is 1. The van der Waals surface area contributed by atoms with Crippen molar-refractivity contribution in [1.82, 2.24) is 5.32 Å². The van der Waals surface area contributed by atoms with Gasteiger partial charge in [-0.1, -0.05) is 6.07 Å². The number of nitrogens with one attached hydrogen (secondary N) is 1. The molecule has 1 aromatic carbocycles. The summed E-state index contributed by atoms with van der Waals surface area (Å²) in [5, 5.41) is 3.26. The van der Waals surface area contributed by atoms with Gasteiger partial charge < -0.3 is 10.1 Å². The van der Waals surface area contributed by atoms with Crippen molar-refractivity contribution in [2.45, 2.75) is 13.3 Å². The second-order valence-electron chi connectivity index (χ2n) is 3.56. The van der Waals surface area contributed by atoms with Crippen LogP contribution >= 0.6 is 0 Å². The molecule has 0 atom stereocenters. The molecule has 3 heteroatoms. The summed E-state index contributed by atoms with van der Waals surface area (Å²) in [4.78, 5) is 0. The molecule has 0 amide bonds. The van der Waals surface area contributed by atoms with Crippen LogP contribution in [0.1, 0.15) is 11.1 Å². The lowest BCUT2D eigenvalue weighted by Gasteiger charge is -2.07. The van der Waals surface area contributed by atoms with Gasteiger partial charge in [-0.3, -0.25) is 0 Å². The van der Waals surface area contributed by atoms with Crippen LogP contribution in [0.2, 0.25) is 0 Å². The fourth-order valence-corrected chi connectivity index (χ4v) is 1.46. The van der Waals surface area contributed by atoms with Crippen molar-refractivity contribution in [3.05, 3.63) is 35.1 Å². The molecule has 1 aromatic rings. The molecule has 0 heterocycles. The molecule has 0 saturated carbocycles. The lowest BCUT2D eigenvalue weighted by molar-refractivity contribution is 0.199. The summed E-state index contributed by atoms with van der Waals surface area (Å²) in [7, 11) is 1.69. The third-order valence-electron chi connectivity index (χ3n) is 2.36. The Kier molecular flexibility index (Phi) is 5.29. The Hall–Kier alpha value is -0.930. The molecule has 0 radical (unpaired) electrons. The Labute approximate surface area is 90.4 Å². The largest absolute Gasteiger partial charge is 0.383 e. The average molecular weight is 211 g/mol. The van der Waals surface area contributed by atoms with E-state index in [-0.39, 0.29) is 5.82 Å². The fourth-order valence-electron chi connectivity index (χ4n) is 1.46. The molecule has 0 aromatic heterocycles. The van der Waals surface area contributed by atoms with Gasteiger partial charge in [-0.05, 0) is 43.1 Å². The minimum Gasteiger partial charge on any atom is -0.383 e. The summed E-state index contributed by atoms with van der Waals surface area (Å²) < 4.78 is 17.7. The van der Waals surface area contributed by atoms with Gasteiger partial charge in [0.2, 0.25) is 0 Å². The predicted molar refractivity (Wildman–Crippen MR) is 59.6 cm³/mol. The lowest BCUT2D eigenvalue weighted by Crippen LogP contribution is -2.21. The van der Waals surface area contributed by atoms with Gasteiger partial charge in [-0.2, -0.15) is 0 Å². The topological polar surface area (TPSA) is 21.3 Å². The number of aryl methyl sites for hydroxylation is 1. The molecule has 0 aliphatic rings. The Bertz CT molecular complexity index is 302. The van der Waals surface area contributed by atoms with Crippen molar-refractivity contribution >= 4 is 0 Å². The van der Waals surface area contributed by atoms with Gasteiger partial charge >= 0.3 is 0 Å². The van der Waals surface area contributed by atoms with E-state index in [1.165, 1.54) is 11.6 Å². The molecular formula is C12H18FNO. The van der Waals surface area contributed by atoms with Crippen LogP contribution in [0, 0.1) is 12.7 Å². The third kappa shape index (κ3) is 4.40. The van der Waals surface area contributed by atoms with E-state index < -0.39 is 0 Å². The fraction of sp³-hybridized carbons (Fsp3) is 0.500. The van der Waals surface area contributed by atoms with Crippen molar-refractivity contribution in [3.63, 3.8) is 0 Å². The maximum atomic E-state index is 12.8. The van der Waals surface area contributed by atoms with Gasteiger partial charge in [0, 0.05) is 13.7 Å². The van der Waals surface area contributed by atoms with E-state index in [0.717, 1.165) is 31.7 Å². The van der Waals surface area contributed by atoms with Crippen LogP contribution in [0.15, 0.2) is 18.2 Å². The van der Waals surface area contributed by atoms with E-state index in [1.807, 2.05) is 13.0 Å². The predicted octanol–water partition coefficient (Wildman–Crippen LogP) is 1.91. The molecule has 2 nitrogen and oxygen atoms in total. The standard InChI is InChI=1S/C12H18FNO/c1-10-9-12(13)4-3-11(10)5-6-14-7-8-15-2/h3-4,9,14H,5-8H2,1-2H3. The molecule has 1 rings (SSSR count). The molecule has 15 heavy (non-hydrogen) atoms. The maximum absolute atomic E-state index is 12.8. The third-order valence-corrected chi connectivity index (χ3v) is 2.36. The van der Waals surface area contributed by atoms with Gasteiger partial charge in [0.25, 0.3) is 0 Å². The van der Waals surface area contributed by atoms with E-state index in [2.05, 4.69) is 5.32 Å². The smallest absolute Gasteiger partial charge is 0.123 e. The van der Waals surface area contributed by atoms with Crippen LogP contribution in [0.25, 0.3) is 0 Å². The molecule has 0 aliphatic heterocycles. The number of hydrogen-bond acceptors (Lipinski definition) is 2. The van der Waals surface area contributed by atoms with E-state index in [9.17, 15) is 4.39 Å². The number of ether oxygens (including phenoxy) is 1. The Balaban J connectivity index is 2.31. The first kappa shape index (κ1) is 12.1. The lowest BCUT2D eigenvalue weighted by atomic mass is 10.1. The van der Waals surface area contributed by atoms with Crippen LogP contribution in [-0.2, 0) is 11.2 Å². The van der Waals surface area contributed by atoms with Crippen molar-refractivity contribution in [2.24, 2.45) is 0 Å². The monoisotopic (exact) mass is 211 g/mol. The first-order chi connectivity index (χ1) is 7.24. The maximum Gasteiger partial charge on any atom is 0.123 e. The summed E-state index contributed by atoms with van der Waals surface area (Å²) in [6.07, 6.45) is 0.926. The first-order valence-corrected chi connectivity index (χ1v) is 5.18. The van der Waals surface area contributed by atoms with Gasteiger partial charge in [0.1, 0.15) is 5.82 Å². The quantitative estimate of drug-likeness (QED) is 0.726. The van der Waals surface area contributed by atoms with Gasteiger partial charge in [0.15, 0.2) is 0 Å². The van der Waals surface area contributed by atoms with Crippen molar-refractivity contribution in [3.8, 4) is 0 Å². The molecular weight excluding hydrogens is 193 g/mol. The zero-order valence-electron chi connectivity index (χ0n) is 9.35. The van der Waals surface area contributed by atoms with Gasteiger partial charge in [-0.25, -0.2) is 4.39 Å². The summed E-state index contributed by atoms with van der Waals surface area (Å²) >= 11 is 0. The highest BCUT2D eigenvalue weighted by Gasteiger charge is 1.99. The van der Waals surface area contributed by atoms with Crippen molar-refractivity contribution in [2.75, 3.05) is 26.8 Å². The zero-order valence-corrected chi connectivity index (χ0v) is 9.35. The zero-order chi connectivity index (χ0) is 11.1. The minimum atomic E-state index is -0.163. The van der Waals surface area contributed by atoms with Crippen LogP contribution in [-0.4, -0.2) is 26.8 Å². The highest BCUT2D eigenvalue weighted by Crippen LogP contribution is 2.10. The molecule has 0 saturated heterocycles. The molecule has 0 unspecified atom stereocenters. The summed E-state index contributed by atoms with van der Waals surface area (Å²) in [5.41, 5.74) is 2.21. The summed E-state index contributed by atoms with van der Waals surface area (Å²) in [5.74, 6) is -0.163. The second kappa shape index (κ2) is 6.53. The van der Waals surface area contributed by atoms with Gasteiger partial charge in [0.05, 0.1) is 6.61 Å². The van der Waals surface area contributed by atoms with E-state index in [4.69, 9.17) is 4.74 Å². The number of benzene rings is 1. The van der Waals surface area contributed by atoms with Crippen LogP contribution < -0.4 is 5.32 Å². The minimum absolute atomic E-state index is 0.163. The number of methoxy groups -OCH3 is 1. The van der Waals surface area contributed by atoms with Crippen LogP contribution in [0.3, 0.4) is 0 Å². The summed E-state index contributed by atoms with van der Waals surface area (Å²) in [6.45, 7) is 4.42. The van der Waals surface area contributed by atoms with Crippen molar-refractivity contribution < 1.29 is 9.13 Å². The molecule has 0 fully saturated rings. The Morgan fingerprint density at radius 3 is 2.80 bits per heavy atom. The molecule has 0 aliphatic carbocycles. The van der Waals surface area contributed by atoms with E-state index >= 15 is 0 Å². The summed E-state index contributed by atoms with van der Waals surface area (Å²) in [6, 6.07) is 4.94. The molecule has 0 spiro atoms. The molecule has 0 bridgehead atoms. The van der Waals surface area contributed by atoms with Crippen LogP contribution in [0.4, 0.5) is 4.39 Å². The second-order valence-corrected chi connectivity index (χ2v) is 3.56. The van der Waals surface area contributed by atoms with Crippen molar-refractivity contribution in [1.29, 1.82) is 0 Å². The SMILES string of the molecule is COCCNCCc1ccc(F)cc1C. The normalized spacial score (nSPS) is 10.6. The first-order valence-electron chi connectivity index (χ1n) is 5.18. The molecule has 1 N–H and O–H groups in total. The Morgan fingerprint density at radius 2 is 2.13 bits per heavy atom. The molecule has 84 valence electrons. The Morgan fingerprint density at radius 1 is 1.33 bits per heavy atom. The number of rotatable bonds is 6. The number of halogens is 1. The van der Waals surface area contributed by atoms with Crippen LogP contribution in [0.5, 0.6) is 0 Å². The highest BCUT2D eigenvalue weighted by molar-refractivity contribution is 5.26.